The number of hydrogen-bond acceptors (Lipinski definition) is 1. The second kappa shape index (κ2) is 5.09. The van der Waals surface area contributed by atoms with E-state index >= 15 is 0 Å². The van der Waals surface area contributed by atoms with E-state index in [0.717, 1.165) is 0 Å². The summed E-state index contributed by atoms with van der Waals surface area (Å²) >= 11 is 9.82. The first-order valence-corrected chi connectivity index (χ1v) is 5.66. The van der Waals surface area contributed by atoms with Crippen molar-refractivity contribution in [2.24, 2.45) is 0 Å². The van der Waals surface area contributed by atoms with Crippen LogP contribution in [0.4, 0.5) is 0 Å². The van der Waals surface area contributed by atoms with Gasteiger partial charge in [0.25, 0.3) is 0 Å². The Morgan fingerprint density at radius 1 is 1.36 bits per heavy atom. The maximum Gasteiger partial charge on any atom is 0.231 e. The Morgan fingerprint density at radius 2 is 1.93 bits per heavy atom. The Hall–Kier alpha value is -0.130. The van der Waals surface area contributed by atoms with Gasteiger partial charge in [-0.2, -0.15) is 0 Å². The van der Waals surface area contributed by atoms with Gasteiger partial charge in [-0.1, -0.05) is 53.5 Å². The lowest BCUT2D eigenvalue weighted by atomic mass is 10.1. The summed E-state index contributed by atoms with van der Waals surface area (Å²) in [6, 6.07) is 8.93. The fourth-order valence-electron chi connectivity index (χ4n) is 0.936. The molecule has 0 heterocycles. The first-order chi connectivity index (χ1) is 6.52. The molecular formula is C8H9Cl2NO2S. The molecule has 1 aromatic carbocycles. The Kier molecular flexibility index (Phi) is 4.34. The van der Waals surface area contributed by atoms with Crippen molar-refractivity contribution in [3.8, 4) is 0 Å². The molecule has 0 fully saturated rings. The van der Waals surface area contributed by atoms with Gasteiger partial charge in [0.2, 0.25) is 11.3 Å². The van der Waals surface area contributed by atoms with E-state index < -0.39 is 15.6 Å². The van der Waals surface area contributed by atoms with E-state index in [1.165, 1.54) is 0 Å². The molecule has 0 bridgehead atoms. The van der Waals surface area contributed by atoms with Crippen LogP contribution in [0.1, 0.15) is 5.56 Å². The van der Waals surface area contributed by atoms with Crippen LogP contribution in [0.25, 0.3) is 0 Å². The molecule has 0 aromatic heterocycles. The molecule has 1 atom stereocenters. The minimum absolute atomic E-state index is 0.00321. The predicted octanol–water partition coefficient (Wildman–Crippen LogP) is 2.04. The van der Waals surface area contributed by atoms with Crippen LogP contribution in [0.2, 0.25) is 0 Å². The van der Waals surface area contributed by atoms with Gasteiger partial charge in [-0.25, -0.2) is 8.93 Å². The molecule has 6 heteroatoms. The molecule has 14 heavy (non-hydrogen) atoms. The molecule has 1 aromatic rings. The summed E-state index contributed by atoms with van der Waals surface area (Å²) in [6.45, 7) is 0.00321. The Labute approximate surface area is 94.8 Å². The van der Waals surface area contributed by atoms with Crippen molar-refractivity contribution in [1.82, 2.24) is 4.72 Å². The molecule has 0 radical (unpaired) electrons. The van der Waals surface area contributed by atoms with Crippen LogP contribution in [0.5, 0.6) is 0 Å². The third-order valence-electron chi connectivity index (χ3n) is 1.61. The average molecular weight is 254 g/mol. The molecule has 3 nitrogen and oxygen atoms in total. The summed E-state index contributed by atoms with van der Waals surface area (Å²) in [6.07, 6.45) is 0. The number of rotatable bonds is 4. The second-order valence-corrected chi connectivity index (χ2v) is 4.91. The molecule has 0 spiro atoms. The number of alkyl halides is 2. The molecule has 0 saturated carbocycles. The third kappa shape index (κ3) is 3.55. The standard InChI is InChI=1S/C8H9Cl2NO2S/c9-8(10,6-11-14(12)13)7-4-2-1-3-5-7/h1-5,11H,6H2,(H,12,13). The van der Waals surface area contributed by atoms with Gasteiger partial charge >= 0.3 is 0 Å². The van der Waals surface area contributed by atoms with Crippen LogP contribution in [0.3, 0.4) is 0 Å². The van der Waals surface area contributed by atoms with Crippen LogP contribution in [0, 0.1) is 0 Å². The van der Waals surface area contributed by atoms with E-state index in [1.54, 1.807) is 24.3 Å². The van der Waals surface area contributed by atoms with Crippen molar-refractivity contribution in [2.75, 3.05) is 6.54 Å². The SMILES string of the molecule is O=S(O)NCC(Cl)(Cl)c1ccccc1. The van der Waals surface area contributed by atoms with Crippen molar-refractivity contribution in [2.45, 2.75) is 4.33 Å². The highest BCUT2D eigenvalue weighted by Gasteiger charge is 2.26. The van der Waals surface area contributed by atoms with Crippen LogP contribution in [-0.2, 0) is 15.6 Å². The van der Waals surface area contributed by atoms with E-state index in [2.05, 4.69) is 4.72 Å². The summed E-state index contributed by atoms with van der Waals surface area (Å²) in [7, 11) is 0. The van der Waals surface area contributed by atoms with Crippen molar-refractivity contribution < 1.29 is 8.76 Å². The second-order valence-electron chi connectivity index (χ2n) is 2.64. The largest absolute Gasteiger partial charge is 0.294 e. The monoisotopic (exact) mass is 253 g/mol. The molecule has 2 N–H and O–H groups in total. The summed E-state index contributed by atoms with van der Waals surface area (Å²) in [5, 5.41) is 0. The number of nitrogens with one attached hydrogen (secondary N) is 1. The topological polar surface area (TPSA) is 49.3 Å². The minimum atomic E-state index is -2.10. The number of hydrogen-bond donors (Lipinski definition) is 2. The summed E-state index contributed by atoms with van der Waals surface area (Å²) in [5.41, 5.74) is 0.682. The van der Waals surface area contributed by atoms with Crippen molar-refractivity contribution in [3.63, 3.8) is 0 Å². The van der Waals surface area contributed by atoms with Crippen molar-refractivity contribution in [1.29, 1.82) is 0 Å². The molecule has 78 valence electrons. The van der Waals surface area contributed by atoms with E-state index in [0.29, 0.717) is 5.56 Å². The molecule has 0 aliphatic heterocycles. The van der Waals surface area contributed by atoms with Gasteiger partial charge in [-0.15, -0.1) is 0 Å². The minimum Gasteiger partial charge on any atom is -0.294 e. The van der Waals surface area contributed by atoms with E-state index in [9.17, 15) is 4.21 Å². The number of benzene rings is 1. The quantitative estimate of drug-likeness (QED) is 0.638. The smallest absolute Gasteiger partial charge is 0.231 e. The maximum absolute atomic E-state index is 10.4. The lowest BCUT2D eigenvalue weighted by Crippen LogP contribution is -2.30. The van der Waals surface area contributed by atoms with Gasteiger partial charge in [0, 0.05) is 6.54 Å². The lowest BCUT2D eigenvalue weighted by Gasteiger charge is -2.19. The van der Waals surface area contributed by atoms with Gasteiger partial charge in [-0.3, -0.25) is 4.55 Å². The normalized spacial score (nSPS) is 13.9. The molecule has 1 rings (SSSR count). The highest BCUT2D eigenvalue weighted by Crippen LogP contribution is 2.32. The first kappa shape index (κ1) is 11.9. The fourth-order valence-corrected chi connectivity index (χ4v) is 1.82. The van der Waals surface area contributed by atoms with Crippen LogP contribution in [0.15, 0.2) is 30.3 Å². The van der Waals surface area contributed by atoms with Crippen LogP contribution >= 0.6 is 23.2 Å². The van der Waals surface area contributed by atoms with Gasteiger partial charge < -0.3 is 0 Å². The summed E-state index contributed by atoms with van der Waals surface area (Å²) in [4.78, 5) is 0. The van der Waals surface area contributed by atoms with E-state index in [4.69, 9.17) is 27.8 Å². The van der Waals surface area contributed by atoms with Crippen molar-refractivity contribution >= 4 is 34.5 Å². The van der Waals surface area contributed by atoms with Gasteiger partial charge in [0.1, 0.15) is 0 Å². The molecule has 0 amide bonds. The lowest BCUT2D eigenvalue weighted by molar-refractivity contribution is 0.546. The third-order valence-corrected chi connectivity index (χ3v) is 2.71. The Bertz CT molecular complexity index is 318. The average Bonchev–Trinajstić information content (AvgIpc) is 2.16. The highest BCUT2D eigenvalue weighted by atomic mass is 35.5. The van der Waals surface area contributed by atoms with Crippen molar-refractivity contribution in [3.05, 3.63) is 35.9 Å². The zero-order valence-corrected chi connectivity index (χ0v) is 9.44. The van der Waals surface area contributed by atoms with E-state index in [-0.39, 0.29) is 6.54 Å². The van der Waals surface area contributed by atoms with Gasteiger partial charge in [0.15, 0.2) is 4.33 Å². The Balaban J connectivity index is 2.70. The van der Waals surface area contributed by atoms with Crippen LogP contribution in [-0.4, -0.2) is 15.3 Å². The molecule has 0 aliphatic carbocycles. The summed E-state index contributed by atoms with van der Waals surface area (Å²) in [5.74, 6) is 0. The first-order valence-electron chi connectivity index (χ1n) is 3.80. The van der Waals surface area contributed by atoms with E-state index in [1.807, 2.05) is 6.07 Å². The molecule has 0 saturated heterocycles. The maximum atomic E-state index is 10.4. The molecule has 0 aliphatic rings. The zero-order valence-electron chi connectivity index (χ0n) is 7.11. The van der Waals surface area contributed by atoms with Gasteiger partial charge in [-0.05, 0) is 5.56 Å². The molecule has 1 unspecified atom stereocenters. The van der Waals surface area contributed by atoms with Gasteiger partial charge in [0.05, 0.1) is 0 Å². The van der Waals surface area contributed by atoms with Crippen LogP contribution < -0.4 is 4.72 Å². The fraction of sp³-hybridized carbons (Fsp3) is 0.250. The number of halogens is 2. The summed E-state index contributed by atoms with van der Waals surface area (Å²) < 4.78 is 19.9. The predicted molar refractivity (Wildman–Crippen MR) is 58.6 cm³/mol. The highest BCUT2D eigenvalue weighted by molar-refractivity contribution is 7.77. The Morgan fingerprint density at radius 3 is 2.43 bits per heavy atom. The zero-order chi connectivity index (χ0) is 10.6. The molecular weight excluding hydrogens is 245 g/mol.